The topological polar surface area (TPSA) is 81.9 Å². The molecule has 0 aliphatic carbocycles. The number of carbonyl (C=O) groups is 1. The van der Waals surface area contributed by atoms with Gasteiger partial charge in [-0.1, -0.05) is 25.0 Å². The Labute approximate surface area is 141 Å². The van der Waals surface area contributed by atoms with Crippen molar-refractivity contribution >= 4 is 17.5 Å². The van der Waals surface area contributed by atoms with Crippen molar-refractivity contribution in [2.24, 2.45) is 0 Å². The highest BCUT2D eigenvalue weighted by atomic mass is 16.2. The summed E-state index contributed by atoms with van der Waals surface area (Å²) in [5, 5.41) is 12.1. The van der Waals surface area contributed by atoms with Gasteiger partial charge in [0.2, 0.25) is 5.95 Å². The number of aromatic nitrogens is 2. The second-order valence-corrected chi connectivity index (χ2v) is 5.78. The molecule has 3 rings (SSSR count). The first kappa shape index (κ1) is 15.9. The van der Waals surface area contributed by atoms with Crippen LogP contribution in [0.3, 0.4) is 0 Å². The molecule has 122 valence electrons. The van der Waals surface area contributed by atoms with E-state index in [4.69, 9.17) is 5.26 Å². The van der Waals surface area contributed by atoms with Gasteiger partial charge in [-0.25, -0.2) is 9.97 Å². The molecule has 0 atom stereocenters. The van der Waals surface area contributed by atoms with E-state index in [9.17, 15) is 4.79 Å². The van der Waals surface area contributed by atoms with Gasteiger partial charge >= 0.3 is 0 Å². The number of nitrogens with one attached hydrogen (secondary N) is 1. The third kappa shape index (κ3) is 3.69. The molecule has 24 heavy (non-hydrogen) atoms. The van der Waals surface area contributed by atoms with Crippen LogP contribution in [0.1, 0.15) is 41.6 Å². The molecule has 1 aromatic carbocycles. The van der Waals surface area contributed by atoms with E-state index in [0.29, 0.717) is 22.8 Å². The molecule has 0 unspecified atom stereocenters. The average molecular weight is 321 g/mol. The molecule has 1 aliphatic heterocycles. The van der Waals surface area contributed by atoms with Gasteiger partial charge < -0.3 is 10.2 Å². The van der Waals surface area contributed by atoms with Crippen LogP contribution in [-0.4, -0.2) is 33.9 Å². The molecule has 1 fully saturated rings. The Morgan fingerprint density at radius 3 is 2.42 bits per heavy atom. The standard InChI is InChI=1S/C18H19N5O/c19-11-14-7-3-4-8-16(14)22-18-20-12-15(13-21-18)17(24)23-9-5-1-2-6-10-23/h3-4,7-8,12-13H,1-2,5-6,9-10H2,(H,20,21,22). The zero-order valence-corrected chi connectivity index (χ0v) is 13.4. The molecule has 1 aromatic heterocycles. The molecule has 1 saturated heterocycles. The molecular formula is C18H19N5O. The van der Waals surface area contributed by atoms with Gasteiger partial charge in [-0.3, -0.25) is 4.79 Å². The van der Waals surface area contributed by atoms with Gasteiger partial charge in [0.15, 0.2) is 0 Å². The Morgan fingerprint density at radius 1 is 1.08 bits per heavy atom. The summed E-state index contributed by atoms with van der Waals surface area (Å²) in [7, 11) is 0. The molecule has 2 heterocycles. The predicted octanol–water partition coefficient (Wildman–Crippen LogP) is 3.11. The number of carbonyl (C=O) groups excluding carboxylic acids is 1. The zero-order chi connectivity index (χ0) is 16.8. The fourth-order valence-corrected chi connectivity index (χ4v) is 2.77. The number of nitrogens with zero attached hydrogens (tertiary/aromatic N) is 4. The normalized spacial score (nSPS) is 14.5. The monoisotopic (exact) mass is 321 g/mol. The number of para-hydroxylation sites is 1. The minimum atomic E-state index is -0.0131. The van der Waals surface area contributed by atoms with Crippen molar-refractivity contribution < 1.29 is 4.79 Å². The summed E-state index contributed by atoms with van der Waals surface area (Å²) >= 11 is 0. The smallest absolute Gasteiger partial charge is 0.256 e. The van der Waals surface area contributed by atoms with E-state index in [1.807, 2.05) is 11.0 Å². The summed E-state index contributed by atoms with van der Waals surface area (Å²) in [6, 6.07) is 9.26. The van der Waals surface area contributed by atoms with Crippen molar-refractivity contribution in [1.82, 2.24) is 14.9 Å². The molecule has 0 spiro atoms. The Kier molecular flexibility index (Phi) is 5.02. The van der Waals surface area contributed by atoms with Crippen molar-refractivity contribution in [1.29, 1.82) is 5.26 Å². The molecular weight excluding hydrogens is 302 g/mol. The minimum Gasteiger partial charge on any atom is -0.339 e. The van der Waals surface area contributed by atoms with Gasteiger partial charge in [-0.2, -0.15) is 5.26 Å². The molecule has 1 aliphatic rings. The van der Waals surface area contributed by atoms with Crippen LogP contribution in [0.2, 0.25) is 0 Å². The van der Waals surface area contributed by atoms with E-state index in [-0.39, 0.29) is 5.91 Å². The summed E-state index contributed by atoms with van der Waals surface area (Å²) in [6.45, 7) is 1.60. The second kappa shape index (κ2) is 7.55. The van der Waals surface area contributed by atoms with Gasteiger partial charge in [0.05, 0.1) is 16.8 Å². The van der Waals surface area contributed by atoms with Crippen LogP contribution in [0, 0.1) is 11.3 Å². The first-order chi connectivity index (χ1) is 11.8. The van der Waals surface area contributed by atoms with Crippen LogP contribution in [-0.2, 0) is 0 Å². The van der Waals surface area contributed by atoms with Crippen molar-refractivity contribution in [3.8, 4) is 6.07 Å². The highest BCUT2D eigenvalue weighted by Crippen LogP contribution is 2.18. The van der Waals surface area contributed by atoms with Gasteiger partial charge in [0.25, 0.3) is 5.91 Å². The van der Waals surface area contributed by atoms with Crippen LogP contribution in [0.15, 0.2) is 36.7 Å². The SMILES string of the molecule is N#Cc1ccccc1Nc1ncc(C(=O)N2CCCCCC2)cn1. The summed E-state index contributed by atoms with van der Waals surface area (Å²) in [5.41, 5.74) is 1.66. The average Bonchev–Trinajstić information content (AvgIpc) is 2.92. The van der Waals surface area contributed by atoms with Crippen LogP contribution in [0.5, 0.6) is 0 Å². The second-order valence-electron chi connectivity index (χ2n) is 5.78. The Bertz CT molecular complexity index is 743. The summed E-state index contributed by atoms with van der Waals surface area (Å²) in [5.74, 6) is 0.353. The van der Waals surface area contributed by atoms with E-state index in [1.165, 1.54) is 25.2 Å². The maximum absolute atomic E-state index is 12.5. The van der Waals surface area contributed by atoms with E-state index in [2.05, 4.69) is 21.4 Å². The van der Waals surface area contributed by atoms with Crippen molar-refractivity contribution in [3.05, 3.63) is 47.8 Å². The molecule has 2 aromatic rings. The lowest BCUT2D eigenvalue weighted by atomic mass is 10.2. The van der Waals surface area contributed by atoms with Crippen LogP contribution >= 0.6 is 0 Å². The van der Waals surface area contributed by atoms with Crippen LogP contribution < -0.4 is 5.32 Å². The van der Waals surface area contributed by atoms with Gasteiger partial charge in [0.1, 0.15) is 6.07 Å². The number of likely N-dealkylation sites (tertiary alicyclic amines) is 1. The van der Waals surface area contributed by atoms with Crippen LogP contribution in [0.25, 0.3) is 0 Å². The van der Waals surface area contributed by atoms with Gasteiger partial charge in [-0.05, 0) is 25.0 Å². The van der Waals surface area contributed by atoms with Gasteiger partial charge in [-0.15, -0.1) is 0 Å². The number of benzene rings is 1. The Balaban J connectivity index is 1.71. The van der Waals surface area contributed by atoms with Gasteiger partial charge in [0, 0.05) is 25.5 Å². The Hall–Kier alpha value is -2.94. The lowest BCUT2D eigenvalue weighted by molar-refractivity contribution is 0.0761. The first-order valence-corrected chi connectivity index (χ1v) is 8.15. The number of rotatable bonds is 3. The molecule has 1 N–H and O–H groups in total. The van der Waals surface area contributed by atoms with Crippen molar-refractivity contribution in [2.45, 2.75) is 25.7 Å². The predicted molar refractivity (Wildman–Crippen MR) is 90.8 cm³/mol. The van der Waals surface area contributed by atoms with E-state index < -0.39 is 0 Å². The molecule has 6 heteroatoms. The lowest BCUT2D eigenvalue weighted by Crippen LogP contribution is -2.32. The molecule has 1 amide bonds. The highest BCUT2D eigenvalue weighted by Gasteiger charge is 2.18. The number of hydrogen-bond donors (Lipinski definition) is 1. The highest BCUT2D eigenvalue weighted by molar-refractivity contribution is 5.93. The fraction of sp³-hybridized carbons (Fsp3) is 0.333. The van der Waals surface area contributed by atoms with E-state index in [1.54, 1.807) is 18.2 Å². The van der Waals surface area contributed by atoms with Crippen LogP contribution in [0.4, 0.5) is 11.6 Å². The number of anilines is 2. The summed E-state index contributed by atoms with van der Waals surface area (Å²) in [4.78, 5) is 22.8. The maximum atomic E-state index is 12.5. The van der Waals surface area contributed by atoms with Crippen molar-refractivity contribution in [3.63, 3.8) is 0 Å². The minimum absolute atomic E-state index is 0.0131. The molecule has 0 radical (unpaired) electrons. The molecule has 0 saturated carbocycles. The zero-order valence-electron chi connectivity index (χ0n) is 13.4. The third-order valence-corrected chi connectivity index (χ3v) is 4.09. The fourth-order valence-electron chi connectivity index (χ4n) is 2.77. The maximum Gasteiger partial charge on any atom is 0.256 e. The summed E-state index contributed by atoms with van der Waals surface area (Å²) in [6.07, 6.45) is 7.55. The largest absolute Gasteiger partial charge is 0.339 e. The third-order valence-electron chi connectivity index (χ3n) is 4.09. The number of amides is 1. The number of nitriles is 1. The molecule has 0 bridgehead atoms. The lowest BCUT2D eigenvalue weighted by Gasteiger charge is -2.19. The molecule has 6 nitrogen and oxygen atoms in total. The first-order valence-electron chi connectivity index (χ1n) is 8.15. The summed E-state index contributed by atoms with van der Waals surface area (Å²) < 4.78 is 0. The Morgan fingerprint density at radius 2 is 1.75 bits per heavy atom. The van der Waals surface area contributed by atoms with E-state index >= 15 is 0 Å². The van der Waals surface area contributed by atoms with E-state index in [0.717, 1.165) is 25.9 Å². The number of hydrogen-bond acceptors (Lipinski definition) is 5. The quantitative estimate of drug-likeness (QED) is 0.939. The van der Waals surface area contributed by atoms with Crippen molar-refractivity contribution in [2.75, 3.05) is 18.4 Å².